The molecule has 1 aliphatic rings. The summed E-state index contributed by atoms with van der Waals surface area (Å²) in [5.41, 5.74) is 3.24. The van der Waals surface area contributed by atoms with Gasteiger partial charge in [-0.3, -0.25) is 19.6 Å². The van der Waals surface area contributed by atoms with E-state index in [0.29, 0.717) is 37.6 Å². The Balaban J connectivity index is 1.36. The predicted octanol–water partition coefficient (Wildman–Crippen LogP) is 2.82. The molecule has 1 aliphatic heterocycles. The van der Waals surface area contributed by atoms with E-state index in [4.69, 9.17) is 4.98 Å². The van der Waals surface area contributed by atoms with Gasteiger partial charge in [-0.15, -0.1) is 0 Å². The van der Waals surface area contributed by atoms with Crippen molar-refractivity contribution in [3.05, 3.63) is 114 Å². The second-order valence-electron chi connectivity index (χ2n) is 8.48. The smallest absolute Gasteiger partial charge is 0.271 e. The van der Waals surface area contributed by atoms with Crippen LogP contribution in [-0.2, 0) is 24.2 Å². The lowest BCUT2D eigenvalue weighted by Crippen LogP contribution is -2.43. The van der Waals surface area contributed by atoms with Crippen LogP contribution in [0.4, 0.5) is 0 Å². The van der Waals surface area contributed by atoms with Gasteiger partial charge in [0.25, 0.3) is 5.91 Å². The van der Waals surface area contributed by atoms with E-state index in [1.807, 2.05) is 64.1 Å². The number of fused-ring (bicyclic) bond motifs is 1. The van der Waals surface area contributed by atoms with Gasteiger partial charge in [-0.05, 0) is 35.2 Å². The fourth-order valence-corrected chi connectivity index (χ4v) is 4.39. The Morgan fingerprint density at radius 2 is 1.66 bits per heavy atom. The van der Waals surface area contributed by atoms with Gasteiger partial charge in [-0.25, -0.2) is 4.98 Å². The molecule has 0 fully saturated rings. The number of carbonyl (C=O) groups excluding carboxylic acids is 2. The topological polar surface area (TPSA) is 93.0 Å². The van der Waals surface area contributed by atoms with E-state index in [0.717, 1.165) is 16.7 Å². The van der Waals surface area contributed by atoms with Crippen molar-refractivity contribution in [3.8, 4) is 0 Å². The lowest BCUT2D eigenvalue weighted by atomic mass is 10.0. The van der Waals surface area contributed by atoms with Crippen molar-refractivity contribution in [1.29, 1.82) is 0 Å². The van der Waals surface area contributed by atoms with Crippen LogP contribution < -0.4 is 5.32 Å². The van der Waals surface area contributed by atoms with Crippen LogP contribution in [0.3, 0.4) is 0 Å². The molecule has 8 heteroatoms. The summed E-state index contributed by atoms with van der Waals surface area (Å²) in [6, 6.07) is 17.1. The number of imidazole rings is 1. The summed E-state index contributed by atoms with van der Waals surface area (Å²) in [6.07, 6.45) is 9.67. The van der Waals surface area contributed by atoms with Gasteiger partial charge in [0.2, 0.25) is 5.91 Å². The first-order valence-electron chi connectivity index (χ1n) is 11.7. The summed E-state index contributed by atoms with van der Waals surface area (Å²) < 4.78 is 1.99. The molecule has 3 aromatic heterocycles. The van der Waals surface area contributed by atoms with Crippen LogP contribution in [0.1, 0.15) is 39.0 Å². The summed E-state index contributed by atoms with van der Waals surface area (Å²) in [4.78, 5) is 41.0. The molecule has 0 saturated heterocycles. The number of carbonyl (C=O) groups is 2. The van der Waals surface area contributed by atoms with Gasteiger partial charge in [-0.1, -0.05) is 42.5 Å². The van der Waals surface area contributed by atoms with Crippen molar-refractivity contribution in [2.45, 2.75) is 25.4 Å². The van der Waals surface area contributed by atoms with Crippen LogP contribution in [0, 0.1) is 0 Å². The van der Waals surface area contributed by atoms with Crippen molar-refractivity contribution in [1.82, 2.24) is 29.7 Å². The fraction of sp³-hybridized carbons (Fsp3) is 0.222. The Morgan fingerprint density at radius 3 is 2.37 bits per heavy atom. The molecule has 5 rings (SSSR count). The third-order valence-electron chi connectivity index (χ3n) is 6.11. The average Bonchev–Trinajstić information content (AvgIpc) is 3.34. The van der Waals surface area contributed by atoms with Crippen LogP contribution >= 0.6 is 0 Å². The summed E-state index contributed by atoms with van der Waals surface area (Å²) in [6.45, 7) is 1.60. The first-order valence-corrected chi connectivity index (χ1v) is 11.7. The lowest BCUT2D eigenvalue weighted by Gasteiger charge is -2.36. The molecule has 176 valence electrons. The summed E-state index contributed by atoms with van der Waals surface area (Å²) in [5.74, 6) is 0.471. The summed E-state index contributed by atoms with van der Waals surface area (Å²) in [7, 11) is 0. The average molecular weight is 467 g/mol. The van der Waals surface area contributed by atoms with Crippen LogP contribution in [0.25, 0.3) is 0 Å². The quantitative estimate of drug-likeness (QED) is 0.452. The highest BCUT2D eigenvalue weighted by molar-refractivity contribution is 5.92. The van der Waals surface area contributed by atoms with Crippen molar-refractivity contribution in [3.63, 3.8) is 0 Å². The third-order valence-corrected chi connectivity index (χ3v) is 6.11. The van der Waals surface area contributed by atoms with Crippen molar-refractivity contribution in [2.75, 3.05) is 13.1 Å². The van der Waals surface area contributed by atoms with Gasteiger partial charge in [0, 0.05) is 50.6 Å². The van der Waals surface area contributed by atoms with E-state index < -0.39 is 0 Å². The normalized spacial score (nSPS) is 14.9. The zero-order valence-corrected chi connectivity index (χ0v) is 19.2. The number of hydrogen-bond acceptors (Lipinski definition) is 5. The third kappa shape index (κ3) is 5.11. The minimum Gasteiger partial charge on any atom is -0.350 e. The Morgan fingerprint density at radius 1 is 0.914 bits per heavy atom. The van der Waals surface area contributed by atoms with E-state index in [1.54, 1.807) is 31.0 Å². The zero-order valence-electron chi connectivity index (χ0n) is 19.2. The van der Waals surface area contributed by atoms with E-state index in [-0.39, 0.29) is 24.3 Å². The molecular weight excluding hydrogens is 440 g/mol. The maximum atomic E-state index is 13.4. The molecule has 0 saturated carbocycles. The van der Waals surface area contributed by atoms with Crippen molar-refractivity contribution < 1.29 is 9.59 Å². The summed E-state index contributed by atoms with van der Waals surface area (Å²) >= 11 is 0. The Labute approximate surface area is 203 Å². The number of amides is 2. The molecule has 0 bridgehead atoms. The van der Waals surface area contributed by atoms with Crippen molar-refractivity contribution in [2.24, 2.45) is 0 Å². The van der Waals surface area contributed by atoms with Crippen molar-refractivity contribution >= 4 is 11.8 Å². The number of nitrogens with one attached hydrogen (secondary N) is 1. The maximum Gasteiger partial charge on any atom is 0.271 e. The van der Waals surface area contributed by atoms with Gasteiger partial charge < -0.3 is 14.8 Å². The molecule has 4 aromatic rings. The number of aromatic nitrogens is 4. The Kier molecular flexibility index (Phi) is 6.61. The predicted molar refractivity (Wildman–Crippen MR) is 130 cm³/mol. The van der Waals surface area contributed by atoms with Crippen LogP contribution in [0.5, 0.6) is 0 Å². The molecule has 2 amide bonds. The highest BCUT2D eigenvalue weighted by Crippen LogP contribution is 2.32. The molecule has 4 heterocycles. The standard InChI is InChI=1S/C27H26N6O2/c34-24(16-21-7-5-12-29-18-21)33-15-14-32-19-23(27(35)30-13-10-20-6-4-11-28-17-20)31-26(32)25(33)22-8-2-1-3-9-22/h1-9,11-12,17-19,25H,10,13-16H2,(H,30,35)/t25-/m1/s1. The molecule has 0 aliphatic carbocycles. The summed E-state index contributed by atoms with van der Waals surface area (Å²) in [5, 5.41) is 2.95. The van der Waals surface area contributed by atoms with E-state index in [9.17, 15) is 9.59 Å². The minimum atomic E-state index is -0.369. The molecule has 35 heavy (non-hydrogen) atoms. The Hall–Kier alpha value is -4.33. The SMILES string of the molecule is O=C(NCCc1cccnc1)c1cn2c(n1)[C@@H](c1ccccc1)N(C(=O)Cc1cccnc1)CC2. The zero-order chi connectivity index (χ0) is 24.0. The number of rotatable bonds is 7. The molecular formula is C27H26N6O2. The molecule has 0 radical (unpaired) electrons. The van der Waals surface area contributed by atoms with Crippen LogP contribution in [0.15, 0.2) is 85.6 Å². The highest BCUT2D eigenvalue weighted by atomic mass is 16.2. The van der Waals surface area contributed by atoms with Gasteiger partial charge in [0.15, 0.2) is 0 Å². The fourth-order valence-electron chi connectivity index (χ4n) is 4.39. The molecule has 0 unspecified atom stereocenters. The molecule has 1 N–H and O–H groups in total. The second-order valence-corrected chi connectivity index (χ2v) is 8.48. The number of pyridine rings is 2. The Bertz CT molecular complexity index is 1290. The monoisotopic (exact) mass is 466 g/mol. The molecule has 0 spiro atoms. The van der Waals surface area contributed by atoms with Gasteiger partial charge in [0.1, 0.15) is 17.6 Å². The van der Waals surface area contributed by atoms with Crippen LogP contribution in [-0.4, -0.2) is 49.3 Å². The van der Waals surface area contributed by atoms with Gasteiger partial charge in [0.05, 0.1) is 6.42 Å². The lowest BCUT2D eigenvalue weighted by molar-refractivity contribution is -0.133. The number of benzene rings is 1. The number of nitrogens with zero attached hydrogens (tertiary/aromatic N) is 5. The maximum absolute atomic E-state index is 13.4. The van der Waals surface area contributed by atoms with Gasteiger partial charge in [-0.2, -0.15) is 0 Å². The van der Waals surface area contributed by atoms with E-state index in [2.05, 4.69) is 15.3 Å². The second kappa shape index (κ2) is 10.3. The van der Waals surface area contributed by atoms with Gasteiger partial charge >= 0.3 is 0 Å². The first kappa shape index (κ1) is 22.5. The molecule has 8 nitrogen and oxygen atoms in total. The van der Waals surface area contributed by atoms with Crippen LogP contribution in [0.2, 0.25) is 0 Å². The molecule has 1 atom stereocenters. The number of hydrogen-bond donors (Lipinski definition) is 1. The van der Waals surface area contributed by atoms with E-state index in [1.165, 1.54) is 0 Å². The highest BCUT2D eigenvalue weighted by Gasteiger charge is 2.34. The largest absolute Gasteiger partial charge is 0.350 e. The first-order chi connectivity index (χ1) is 17.2. The molecule has 1 aromatic carbocycles. The minimum absolute atomic E-state index is 0.00331. The van der Waals surface area contributed by atoms with E-state index >= 15 is 0 Å².